The molecule has 0 saturated heterocycles. The fraction of sp³-hybridized carbons (Fsp3) is 0.176. The molecule has 2 rings (SSSR count). The molecule has 2 atom stereocenters. The van der Waals surface area contributed by atoms with E-state index in [1.54, 1.807) is 18.2 Å². The lowest BCUT2D eigenvalue weighted by Crippen LogP contribution is -2.10. The molecule has 2 aromatic carbocycles. The van der Waals surface area contributed by atoms with Gasteiger partial charge in [-0.2, -0.15) is 10.5 Å². The van der Waals surface area contributed by atoms with Crippen molar-refractivity contribution in [3.05, 3.63) is 69.7 Å². The van der Waals surface area contributed by atoms with E-state index in [1.807, 2.05) is 30.3 Å². The maximum absolute atomic E-state index is 9.59. The van der Waals surface area contributed by atoms with Crippen LogP contribution in [0.25, 0.3) is 0 Å². The summed E-state index contributed by atoms with van der Waals surface area (Å²) in [5.74, 6) is -0.754. The smallest absolute Gasteiger partial charge is 0.0805 e. The Morgan fingerprint density at radius 3 is 2.33 bits per heavy atom. The van der Waals surface area contributed by atoms with Crippen molar-refractivity contribution in [1.82, 2.24) is 0 Å². The van der Waals surface area contributed by atoms with E-state index in [2.05, 4.69) is 12.1 Å². The summed E-state index contributed by atoms with van der Waals surface area (Å²) in [5, 5.41) is 19.7. The molecule has 0 N–H and O–H groups in total. The number of benzene rings is 2. The van der Waals surface area contributed by atoms with Gasteiger partial charge in [-0.15, -0.1) is 0 Å². The minimum absolute atomic E-state index is 0.239. The van der Waals surface area contributed by atoms with E-state index in [9.17, 15) is 5.26 Å². The highest BCUT2D eigenvalue weighted by atomic mass is 35.5. The molecule has 21 heavy (non-hydrogen) atoms. The highest BCUT2D eigenvalue weighted by Gasteiger charge is 2.26. The van der Waals surface area contributed by atoms with Gasteiger partial charge in [0.05, 0.1) is 18.1 Å². The Morgan fingerprint density at radius 1 is 1.00 bits per heavy atom. The molecule has 0 heterocycles. The number of halogens is 2. The van der Waals surface area contributed by atoms with E-state index >= 15 is 0 Å². The second-order valence-corrected chi connectivity index (χ2v) is 5.50. The molecule has 0 aromatic heterocycles. The molecule has 104 valence electrons. The number of hydrogen-bond donors (Lipinski definition) is 0. The zero-order chi connectivity index (χ0) is 15.2. The van der Waals surface area contributed by atoms with Crippen molar-refractivity contribution in [2.24, 2.45) is 0 Å². The minimum Gasteiger partial charge on any atom is -0.198 e. The molecule has 0 spiro atoms. The topological polar surface area (TPSA) is 47.6 Å². The first-order valence-electron chi connectivity index (χ1n) is 6.44. The van der Waals surface area contributed by atoms with Gasteiger partial charge in [0.1, 0.15) is 0 Å². The van der Waals surface area contributed by atoms with Crippen molar-refractivity contribution in [2.75, 3.05) is 0 Å². The van der Waals surface area contributed by atoms with E-state index in [1.165, 1.54) is 0 Å². The maximum atomic E-state index is 9.59. The van der Waals surface area contributed by atoms with Crippen LogP contribution in [0.15, 0.2) is 48.5 Å². The molecule has 2 aromatic rings. The summed E-state index contributed by atoms with van der Waals surface area (Å²) >= 11 is 12.2. The molecule has 0 radical (unpaired) electrons. The fourth-order valence-corrected chi connectivity index (χ4v) is 2.77. The van der Waals surface area contributed by atoms with Crippen LogP contribution in [0.4, 0.5) is 0 Å². The fourth-order valence-electron chi connectivity index (χ4n) is 2.36. The molecule has 4 heteroatoms. The highest BCUT2D eigenvalue weighted by Crippen LogP contribution is 2.39. The third-order valence-electron chi connectivity index (χ3n) is 3.37. The zero-order valence-corrected chi connectivity index (χ0v) is 12.6. The van der Waals surface area contributed by atoms with Crippen LogP contribution < -0.4 is 0 Å². The summed E-state index contributed by atoms with van der Waals surface area (Å²) in [7, 11) is 0. The molecular formula is C17H12Cl2N2. The van der Waals surface area contributed by atoms with Crippen LogP contribution in [0.3, 0.4) is 0 Å². The first-order valence-corrected chi connectivity index (χ1v) is 7.19. The minimum atomic E-state index is -0.516. The average Bonchev–Trinajstić information content (AvgIpc) is 2.51. The number of nitriles is 2. The Bertz CT molecular complexity index is 699. The van der Waals surface area contributed by atoms with Crippen molar-refractivity contribution < 1.29 is 0 Å². The first-order chi connectivity index (χ1) is 10.2. The van der Waals surface area contributed by atoms with Crippen LogP contribution in [0.2, 0.25) is 10.0 Å². The SMILES string of the molecule is N#CC[C@@H](c1ccccc1)[C@H](C#N)c1cc(Cl)ccc1Cl. The zero-order valence-electron chi connectivity index (χ0n) is 11.1. The van der Waals surface area contributed by atoms with Crippen molar-refractivity contribution in [3.8, 4) is 12.1 Å². The van der Waals surface area contributed by atoms with Crippen LogP contribution >= 0.6 is 23.2 Å². The van der Waals surface area contributed by atoms with E-state index < -0.39 is 5.92 Å². The van der Waals surface area contributed by atoms with Crippen LogP contribution in [0.5, 0.6) is 0 Å². The Hall–Kier alpha value is -2.00. The molecule has 0 aliphatic carbocycles. The normalized spacial score (nSPS) is 13.0. The highest BCUT2D eigenvalue weighted by molar-refractivity contribution is 6.33. The molecule has 0 aliphatic heterocycles. The van der Waals surface area contributed by atoms with Gasteiger partial charge in [0.15, 0.2) is 0 Å². The summed E-state index contributed by atoms with van der Waals surface area (Å²) in [6.07, 6.45) is 0.241. The van der Waals surface area contributed by atoms with Gasteiger partial charge in [0.2, 0.25) is 0 Å². The van der Waals surface area contributed by atoms with Crippen molar-refractivity contribution >= 4 is 23.2 Å². The van der Waals surface area contributed by atoms with Gasteiger partial charge in [-0.05, 0) is 29.3 Å². The standard InChI is InChI=1S/C17H12Cl2N2/c18-13-6-7-17(19)15(10-13)16(11-21)14(8-9-20)12-4-2-1-3-5-12/h1-7,10,14,16H,8H2/t14-,16-/m0/s1. The second kappa shape index (κ2) is 7.14. The molecular weight excluding hydrogens is 303 g/mol. The molecule has 2 nitrogen and oxygen atoms in total. The van der Waals surface area contributed by atoms with Gasteiger partial charge < -0.3 is 0 Å². The van der Waals surface area contributed by atoms with Crippen LogP contribution in [-0.2, 0) is 0 Å². The molecule has 0 amide bonds. The van der Waals surface area contributed by atoms with Crippen LogP contribution in [-0.4, -0.2) is 0 Å². The predicted octanol–water partition coefficient (Wildman–Crippen LogP) is 5.30. The van der Waals surface area contributed by atoms with Crippen molar-refractivity contribution in [2.45, 2.75) is 18.3 Å². The second-order valence-electron chi connectivity index (χ2n) is 4.65. The lowest BCUT2D eigenvalue weighted by Gasteiger charge is -2.21. The van der Waals surface area contributed by atoms with Crippen molar-refractivity contribution in [1.29, 1.82) is 10.5 Å². The molecule has 0 aliphatic rings. The van der Waals surface area contributed by atoms with Crippen LogP contribution in [0.1, 0.15) is 29.4 Å². The van der Waals surface area contributed by atoms with E-state index in [4.69, 9.17) is 28.5 Å². The number of hydrogen-bond acceptors (Lipinski definition) is 2. The van der Waals surface area contributed by atoms with E-state index in [0.717, 1.165) is 5.56 Å². The maximum Gasteiger partial charge on any atom is 0.0805 e. The Balaban J connectivity index is 2.49. The molecule has 0 fully saturated rings. The molecule has 0 unspecified atom stereocenters. The monoisotopic (exact) mass is 314 g/mol. The number of nitrogens with zero attached hydrogens (tertiary/aromatic N) is 2. The summed E-state index contributed by atoms with van der Waals surface area (Å²) < 4.78 is 0. The summed E-state index contributed by atoms with van der Waals surface area (Å²) in [5.41, 5.74) is 1.61. The first kappa shape index (κ1) is 15.4. The lowest BCUT2D eigenvalue weighted by molar-refractivity contribution is 0.641. The van der Waals surface area contributed by atoms with E-state index in [0.29, 0.717) is 15.6 Å². The van der Waals surface area contributed by atoms with Gasteiger partial charge in [-0.3, -0.25) is 0 Å². The Morgan fingerprint density at radius 2 is 1.71 bits per heavy atom. The van der Waals surface area contributed by atoms with Gasteiger partial charge >= 0.3 is 0 Å². The summed E-state index contributed by atoms with van der Waals surface area (Å²) in [6, 6.07) is 19.0. The van der Waals surface area contributed by atoms with Gasteiger partial charge in [-0.1, -0.05) is 53.5 Å². The summed E-state index contributed by atoms with van der Waals surface area (Å²) in [4.78, 5) is 0. The van der Waals surface area contributed by atoms with Gasteiger partial charge in [0, 0.05) is 22.4 Å². The quantitative estimate of drug-likeness (QED) is 0.769. The predicted molar refractivity (Wildman–Crippen MR) is 84.2 cm³/mol. The average molecular weight is 315 g/mol. The van der Waals surface area contributed by atoms with E-state index in [-0.39, 0.29) is 12.3 Å². The third kappa shape index (κ3) is 3.56. The lowest BCUT2D eigenvalue weighted by atomic mass is 9.80. The van der Waals surface area contributed by atoms with Gasteiger partial charge in [0.25, 0.3) is 0 Å². The Kier molecular flexibility index (Phi) is 5.23. The van der Waals surface area contributed by atoms with Crippen LogP contribution in [0, 0.1) is 22.7 Å². The summed E-state index contributed by atoms with van der Waals surface area (Å²) in [6.45, 7) is 0. The third-order valence-corrected chi connectivity index (χ3v) is 3.95. The molecule has 0 saturated carbocycles. The number of rotatable bonds is 4. The largest absolute Gasteiger partial charge is 0.198 e. The van der Waals surface area contributed by atoms with Crippen molar-refractivity contribution in [3.63, 3.8) is 0 Å². The molecule has 0 bridgehead atoms. The Labute approximate surface area is 134 Å². The van der Waals surface area contributed by atoms with Gasteiger partial charge in [-0.25, -0.2) is 0 Å².